The standard InChI is InChI=1S/C12H20O2/c1-3-4-5-6-7-8-9-11(2)10-12(13)14/h3-5,11H,1,6-10H2,2H3,(H,13,14). The fraction of sp³-hybridized carbons (Fsp3) is 0.583. The van der Waals surface area contributed by atoms with Crippen LogP contribution in [0.2, 0.25) is 0 Å². The van der Waals surface area contributed by atoms with Gasteiger partial charge in [-0.2, -0.15) is 0 Å². The van der Waals surface area contributed by atoms with Crippen molar-refractivity contribution >= 4 is 5.97 Å². The van der Waals surface area contributed by atoms with E-state index in [4.69, 9.17) is 5.11 Å². The smallest absolute Gasteiger partial charge is 0.303 e. The van der Waals surface area contributed by atoms with Crippen molar-refractivity contribution in [2.75, 3.05) is 0 Å². The Hall–Kier alpha value is -1.05. The van der Waals surface area contributed by atoms with E-state index in [1.54, 1.807) is 6.08 Å². The summed E-state index contributed by atoms with van der Waals surface area (Å²) in [4.78, 5) is 10.4. The van der Waals surface area contributed by atoms with E-state index < -0.39 is 5.97 Å². The molecule has 0 aromatic heterocycles. The molecule has 0 aliphatic heterocycles. The topological polar surface area (TPSA) is 37.3 Å². The van der Waals surface area contributed by atoms with Gasteiger partial charge in [-0.05, 0) is 18.8 Å². The van der Waals surface area contributed by atoms with Gasteiger partial charge in [-0.25, -0.2) is 0 Å². The Balaban J connectivity index is 3.31. The number of hydrogen-bond acceptors (Lipinski definition) is 1. The maximum atomic E-state index is 10.4. The van der Waals surface area contributed by atoms with Crippen molar-refractivity contribution < 1.29 is 9.90 Å². The monoisotopic (exact) mass is 196 g/mol. The Kier molecular flexibility index (Phi) is 7.90. The summed E-state index contributed by atoms with van der Waals surface area (Å²) in [6.07, 6.45) is 10.4. The van der Waals surface area contributed by atoms with Gasteiger partial charge in [0.25, 0.3) is 0 Å². The third kappa shape index (κ3) is 9.04. The van der Waals surface area contributed by atoms with Crippen LogP contribution in [0, 0.1) is 5.92 Å². The quantitative estimate of drug-likeness (QED) is 0.477. The van der Waals surface area contributed by atoms with Crippen LogP contribution in [-0.2, 0) is 4.79 Å². The second-order valence-corrected chi connectivity index (χ2v) is 3.65. The Labute approximate surface area is 86.3 Å². The molecule has 0 radical (unpaired) electrons. The first-order chi connectivity index (χ1) is 6.66. The molecule has 0 saturated carbocycles. The van der Waals surface area contributed by atoms with Gasteiger partial charge in [-0.15, -0.1) is 0 Å². The summed E-state index contributed by atoms with van der Waals surface area (Å²) >= 11 is 0. The largest absolute Gasteiger partial charge is 0.481 e. The van der Waals surface area contributed by atoms with E-state index in [0.29, 0.717) is 12.3 Å². The van der Waals surface area contributed by atoms with Crippen LogP contribution in [0.25, 0.3) is 0 Å². The highest BCUT2D eigenvalue weighted by Gasteiger charge is 2.06. The van der Waals surface area contributed by atoms with Crippen LogP contribution < -0.4 is 0 Å². The lowest BCUT2D eigenvalue weighted by Gasteiger charge is -2.06. The number of carboxylic acid groups (broad SMARTS) is 1. The summed E-state index contributed by atoms with van der Waals surface area (Å²) in [5.41, 5.74) is 0. The zero-order valence-electron chi connectivity index (χ0n) is 8.91. The lowest BCUT2D eigenvalue weighted by atomic mass is 10.00. The number of aliphatic carboxylic acids is 1. The van der Waals surface area contributed by atoms with Crippen LogP contribution in [0.4, 0.5) is 0 Å². The van der Waals surface area contributed by atoms with Crippen molar-refractivity contribution in [3.63, 3.8) is 0 Å². The molecule has 1 unspecified atom stereocenters. The minimum atomic E-state index is -0.691. The summed E-state index contributed by atoms with van der Waals surface area (Å²) in [7, 11) is 0. The Morgan fingerprint density at radius 1 is 1.50 bits per heavy atom. The van der Waals surface area contributed by atoms with Crippen LogP contribution in [-0.4, -0.2) is 11.1 Å². The van der Waals surface area contributed by atoms with Gasteiger partial charge in [-0.3, -0.25) is 4.79 Å². The average Bonchev–Trinajstić information content (AvgIpc) is 2.10. The molecular weight excluding hydrogens is 176 g/mol. The van der Waals surface area contributed by atoms with Gasteiger partial charge in [0, 0.05) is 6.42 Å². The highest BCUT2D eigenvalue weighted by molar-refractivity contribution is 5.66. The van der Waals surface area contributed by atoms with E-state index in [2.05, 4.69) is 12.7 Å². The number of carboxylic acids is 1. The van der Waals surface area contributed by atoms with Crippen molar-refractivity contribution in [2.45, 2.75) is 39.0 Å². The third-order valence-corrected chi connectivity index (χ3v) is 2.11. The fourth-order valence-electron chi connectivity index (χ4n) is 1.35. The number of unbranched alkanes of at least 4 members (excludes halogenated alkanes) is 2. The maximum Gasteiger partial charge on any atom is 0.303 e. The molecule has 1 N–H and O–H groups in total. The van der Waals surface area contributed by atoms with Crippen LogP contribution >= 0.6 is 0 Å². The molecular formula is C12H20O2. The van der Waals surface area contributed by atoms with Crippen molar-refractivity contribution in [1.82, 2.24) is 0 Å². The van der Waals surface area contributed by atoms with Gasteiger partial charge in [0.2, 0.25) is 0 Å². The van der Waals surface area contributed by atoms with Crippen LogP contribution in [0.1, 0.15) is 39.0 Å². The predicted molar refractivity (Wildman–Crippen MR) is 59.2 cm³/mol. The molecule has 0 heterocycles. The lowest BCUT2D eigenvalue weighted by Crippen LogP contribution is -2.03. The molecule has 2 nitrogen and oxygen atoms in total. The SMILES string of the molecule is C=CC=CCCCCC(C)CC(=O)O. The predicted octanol–water partition coefficient (Wildman–Crippen LogP) is 3.40. The third-order valence-electron chi connectivity index (χ3n) is 2.11. The van der Waals surface area contributed by atoms with Gasteiger partial charge in [0.05, 0.1) is 0 Å². The molecule has 0 fully saturated rings. The molecule has 0 aliphatic carbocycles. The molecule has 0 aromatic carbocycles. The molecule has 14 heavy (non-hydrogen) atoms. The molecule has 0 amide bonds. The normalized spacial score (nSPS) is 12.9. The van der Waals surface area contributed by atoms with E-state index in [-0.39, 0.29) is 0 Å². The van der Waals surface area contributed by atoms with Crippen molar-refractivity contribution in [3.8, 4) is 0 Å². The molecule has 0 rings (SSSR count). The van der Waals surface area contributed by atoms with Crippen molar-refractivity contribution in [1.29, 1.82) is 0 Å². The highest BCUT2D eigenvalue weighted by atomic mass is 16.4. The van der Waals surface area contributed by atoms with Gasteiger partial charge >= 0.3 is 5.97 Å². The molecule has 0 saturated heterocycles. The summed E-state index contributed by atoms with van der Waals surface area (Å²) < 4.78 is 0. The molecule has 2 heteroatoms. The van der Waals surface area contributed by atoms with Gasteiger partial charge in [-0.1, -0.05) is 44.6 Å². The Morgan fingerprint density at radius 3 is 2.79 bits per heavy atom. The van der Waals surface area contributed by atoms with Gasteiger partial charge < -0.3 is 5.11 Å². The Morgan fingerprint density at radius 2 is 2.21 bits per heavy atom. The molecule has 0 spiro atoms. The summed E-state index contributed by atoms with van der Waals surface area (Å²) in [5.74, 6) is -0.389. The van der Waals surface area contributed by atoms with Crippen LogP contribution in [0.5, 0.6) is 0 Å². The van der Waals surface area contributed by atoms with E-state index in [1.807, 2.05) is 13.0 Å². The van der Waals surface area contributed by atoms with Crippen LogP contribution in [0.15, 0.2) is 24.8 Å². The van der Waals surface area contributed by atoms with E-state index >= 15 is 0 Å². The second kappa shape index (κ2) is 8.54. The molecule has 1 atom stereocenters. The van der Waals surface area contributed by atoms with Crippen molar-refractivity contribution in [3.05, 3.63) is 24.8 Å². The Bertz CT molecular complexity index is 194. The van der Waals surface area contributed by atoms with E-state index in [1.165, 1.54) is 0 Å². The molecule has 0 bridgehead atoms. The zero-order chi connectivity index (χ0) is 10.8. The van der Waals surface area contributed by atoms with Crippen molar-refractivity contribution in [2.24, 2.45) is 5.92 Å². The summed E-state index contributed by atoms with van der Waals surface area (Å²) in [5, 5.41) is 8.53. The second-order valence-electron chi connectivity index (χ2n) is 3.65. The minimum absolute atomic E-state index is 0.294. The lowest BCUT2D eigenvalue weighted by molar-refractivity contribution is -0.138. The minimum Gasteiger partial charge on any atom is -0.481 e. The molecule has 0 aliphatic rings. The fourth-order valence-corrected chi connectivity index (χ4v) is 1.35. The van der Waals surface area contributed by atoms with Crippen LogP contribution in [0.3, 0.4) is 0 Å². The first kappa shape index (κ1) is 12.9. The van der Waals surface area contributed by atoms with E-state index in [9.17, 15) is 4.79 Å². The first-order valence-corrected chi connectivity index (χ1v) is 5.16. The molecule has 0 aromatic rings. The maximum absolute atomic E-state index is 10.4. The average molecular weight is 196 g/mol. The van der Waals surface area contributed by atoms with Gasteiger partial charge in [0.15, 0.2) is 0 Å². The number of hydrogen-bond donors (Lipinski definition) is 1. The highest BCUT2D eigenvalue weighted by Crippen LogP contribution is 2.12. The van der Waals surface area contributed by atoms with E-state index in [0.717, 1.165) is 25.7 Å². The number of rotatable bonds is 8. The number of allylic oxidation sites excluding steroid dienone is 3. The first-order valence-electron chi connectivity index (χ1n) is 5.16. The zero-order valence-corrected chi connectivity index (χ0v) is 8.91. The number of carbonyl (C=O) groups is 1. The summed E-state index contributed by atoms with van der Waals surface area (Å²) in [6, 6.07) is 0. The molecule has 80 valence electrons. The van der Waals surface area contributed by atoms with Gasteiger partial charge in [0.1, 0.15) is 0 Å². The summed E-state index contributed by atoms with van der Waals surface area (Å²) in [6.45, 7) is 5.58.